The number of benzene rings is 1. The van der Waals surface area contributed by atoms with Crippen LogP contribution in [0.15, 0.2) is 47.5 Å². The second kappa shape index (κ2) is 8.47. The van der Waals surface area contributed by atoms with E-state index in [0.29, 0.717) is 36.4 Å². The Kier molecular flexibility index (Phi) is 5.82. The van der Waals surface area contributed by atoms with Gasteiger partial charge in [-0.3, -0.25) is 14.6 Å². The van der Waals surface area contributed by atoms with Gasteiger partial charge in [0, 0.05) is 12.7 Å². The molecular formula is C24H22Cl2N4O4S. The molecule has 2 aromatic rings. The summed E-state index contributed by atoms with van der Waals surface area (Å²) in [6.07, 6.45) is 3.50. The molecule has 8 nitrogen and oxygen atoms in total. The third kappa shape index (κ3) is 4.18. The van der Waals surface area contributed by atoms with Crippen LogP contribution in [0, 0.1) is 11.3 Å². The zero-order valence-corrected chi connectivity index (χ0v) is 20.9. The highest BCUT2D eigenvalue weighted by molar-refractivity contribution is 7.92. The Hall–Kier alpha value is -2.67. The van der Waals surface area contributed by atoms with Gasteiger partial charge in [-0.05, 0) is 56.4 Å². The standard InChI is InChI=1S/C24H22Cl2N4O4S/c25-15-5-6-20(28-12-15)24(9-10-24)22(32)30-13-16(35(33,34)19-4-2-1-3-17(19)26)11-18(30)21(31)29-23(14-27)7-8-23/h1-6,12,16,18H,7-11,13H2,(H,29,31)/t16-,18+/m1/s1. The van der Waals surface area contributed by atoms with Gasteiger partial charge in [0.15, 0.2) is 9.84 Å². The molecule has 1 N–H and O–H groups in total. The van der Waals surface area contributed by atoms with Crippen molar-refractivity contribution in [1.82, 2.24) is 15.2 Å². The molecule has 0 radical (unpaired) electrons. The van der Waals surface area contributed by atoms with E-state index < -0.39 is 38.0 Å². The second-order valence-corrected chi connectivity index (χ2v) is 12.5. The van der Waals surface area contributed by atoms with Gasteiger partial charge in [0.1, 0.15) is 11.6 Å². The van der Waals surface area contributed by atoms with Crippen LogP contribution >= 0.6 is 23.2 Å². The summed E-state index contributed by atoms with van der Waals surface area (Å²) in [5.74, 6) is -0.861. The SMILES string of the molecule is N#CC1(NC(=O)[C@@H]2C[C@@H](S(=O)(=O)c3ccccc3Cl)CN2C(=O)C2(c3ccc(Cl)cn3)CC2)CC1. The third-order valence-electron chi connectivity index (χ3n) is 7.11. The second-order valence-electron chi connectivity index (χ2n) is 9.43. The number of hydrogen-bond donors (Lipinski definition) is 1. The first-order chi connectivity index (χ1) is 16.6. The van der Waals surface area contributed by atoms with Crippen molar-refractivity contribution in [3.05, 3.63) is 58.3 Å². The number of sulfone groups is 1. The predicted octanol–water partition coefficient (Wildman–Crippen LogP) is 3.04. The lowest BCUT2D eigenvalue weighted by Crippen LogP contribution is -2.51. The van der Waals surface area contributed by atoms with Crippen molar-refractivity contribution in [3.8, 4) is 6.07 Å². The molecule has 0 spiro atoms. The number of carbonyl (C=O) groups excluding carboxylic acids is 2. The van der Waals surface area contributed by atoms with Crippen LogP contribution in [0.1, 0.15) is 37.8 Å². The monoisotopic (exact) mass is 532 g/mol. The van der Waals surface area contributed by atoms with E-state index in [2.05, 4.69) is 16.4 Å². The molecule has 2 saturated carbocycles. The summed E-state index contributed by atoms with van der Waals surface area (Å²) < 4.78 is 27.0. The Morgan fingerprint density at radius 2 is 1.83 bits per heavy atom. The van der Waals surface area contributed by atoms with E-state index in [1.807, 2.05) is 0 Å². The van der Waals surface area contributed by atoms with E-state index in [1.54, 1.807) is 24.3 Å². The Labute approximate surface area is 213 Å². The molecule has 1 aromatic heterocycles. The van der Waals surface area contributed by atoms with Crippen molar-refractivity contribution < 1.29 is 18.0 Å². The number of carbonyl (C=O) groups is 2. The highest BCUT2D eigenvalue weighted by Gasteiger charge is 2.59. The normalized spacial score (nSPS) is 23.9. The van der Waals surface area contributed by atoms with Crippen molar-refractivity contribution in [2.24, 2.45) is 0 Å². The Morgan fingerprint density at radius 1 is 1.11 bits per heavy atom. The van der Waals surface area contributed by atoms with Crippen LogP contribution in [-0.4, -0.2) is 53.5 Å². The summed E-state index contributed by atoms with van der Waals surface area (Å²) in [4.78, 5) is 32.8. The Morgan fingerprint density at radius 3 is 2.40 bits per heavy atom. The minimum Gasteiger partial charge on any atom is -0.336 e. The zero-order valence-electron chi connectivity index (χ0n) is 18.6. The molecule has 0 unspecified atom stereocenters. The molecule has 3 aliphatic rings. The van der Waals surface area contributed by atoms with E-state index in [-0.39, 0.29) is 28.8 Å². The maximum atomic E-state index is 13.8. The Balaban J connectivity index is 1.48. The van der Waals surface area contributed by atoms with Crippen molar-refractivity contribution in [2.75, 3.05) is 6.54 Å². The number of nitriles is 1. The van der Waals surface area contributed by atoms with Gasteiger partial charge in [-0.1, -0.05) is 35.3 Å². The van der Waals surface area contributed by atoms with E-state index >= 15 is 0 Å². The molecule has 5 rings (SSSR count). The number of rotatable bonds is 6. The number of aromatic nitrogens is 1. The number of halogens is 2. The molecule has 182 valence electrons. The van der Waals surface area contributed by atoms with Crippen LogP contribution in [0.25, 0.3) is 0 Å². The summed E-state index contributed by atoms with van der Waals surface area (Å²) in [6.45, 7) is -0.153. The first-order valence-corrected chi connectivity index (χ1v) is 13.6. The molecule has 2 amide bonds. The van der Waals surface area contributed by atoms with Gasteiger partial charge in [0.25, 0.3) is 0 Å². The molecule has 3 fully saturated rings. The van der Waals surface area contributed by atoms with E-state index in [4.69, 9.17) is 23.2 Å². The minimum absolute atomic E-state index is 0.0312. The van der Waals surface area contributed by atoms with Gasteiger partial charge in [0.05, 0.1) is 37.4 Å². The fourth-order valence-corrected chi connectivity index (χ4v) is 7.03. The number of likely N-dealkylation sites (tertiary alicyclic amines) is 1. The number of hydrogen-bond acceptors (Lipinski definition) is 6. The maximum Gasteiger partial charge on any atom is 0.244 e. The van der Waals surface area contributed by atoms with Crippen molar-refractivity contribution in [2.45, 2.75) is 59.2 Å². The van der Waals surface area contributed by atoms with Gasteiger partial charge >= 0.3 is 0 Å². The Bertz CT molecular complexity index is 1350. The fraction of sp³-hybridized carbons (Fsp3) is 0.417. The molecule has 1 aliphatic heterocycles. The zero-order chi connectivity index (χ0) is 25.0. The molecule has 35 heavy (non-hydrogen) atoms. The molecule has 1 saturated heterocycles. The maximum absolute atomic E-state index is 13.8. The number of amides is 2. The largest absolute Gasteiger partial charge is 0.336 e. The lowest BCUT2D eigenvalue weighted by atomic mass is 9.99. The van der Waals surface area contributed by atoms with Crippen LogP contribution in [-0.2, 0) is 24.8 Å². The van der Waals surface area contributed by atoms with Gasteiger partial charge in [-0.25, -0.2) is 8.42 Å². The van der Waals surface area contributed by atoms with Crippen molar-refractivity contribution >= 4 is 44.9 Å². The first-order valence-electron chi connectivity index (χ1n) is 11.3. The van der Waals surface area contributed by atoms with Crippen LogP contribution in [0.2, 0.25) is 10.0 Å². The average molecular weight is 533 g/mol. The molecule has 2 atom stereocenters. The van der Waals surface area contributed by atoms with Crippen LogP contribution < -0.4 is 5.32 Å². The smallest absolute Gasteiger partial charge is 0.244 e. The summed E-state index contributed by atoms with van der Waals surface area (Å²) in [5, 5.41) is 11.7. The minimum atomic E-state index is -3.94. The molecule has 11 heteroatoms. The summed E-state index contributed by atoms with van der Waals surface area (Å²) in [7, 11) is -3.94. The third-order valence-corrected chi connectivity index (χ3v) is 9.97. The average Bonchev–Trinajstić information content (AvgIpc) is 3.76. The van der Waals surface area contributed by atoms with Gasteiger partial charge in [-0.15, -0.1) is 0 Å². The molecule has 2 heterocycles. The first kappa shape index (κ1) is 24.0. The molecular weight excluding hydrogens is 511 g/mol. The quantitative estimate of drug-likeness (QED) is 0.610. The van der Waals surface area contributed by atoms with Crippen LogP contribution in [0.5, 0.6) is 0 Å². The molecule has 1 aromatic carbocycles. The van der Waals surface area contributed by atoms with Gasteiger partial charge in [0.2, 0.25) is 11.8 Å². The number of pyridine rings is 1. The molecule has 0 bridgehead atoms. The van der Waals surface area contributed by atoms with E-state index in [0.717, 1.165) is 0 Å². The summed E-state index contributed by atoms with van der Waals surface area (Å²) in [5.41, 5.74) is -1.32. The topological polar surface area (TPSA) is 120 Å². The van der Waals surface area contributed by atoms with Crippen molar-refractivity contribution in [1.29, 1.82) is 5.26 Å². The van der Waals surface area contributed by atoms with Crippen LogP contribution in [0.4, 0.5) is 0 Å². The van der Waals surface area contributed by atoms with Gasteiger partial charge < -0.3 is 10.2 Å². The lowest BCUT2D eigenvalue weighted by Gasteiger charge is -2.28. The fourth-order valence-electron chi connectivity index (χ4n) is 4.70. The number of nitrogens with one attached hydrogen (secondary N) is 1. The van der Waals surface area contributed by atoms with Crippen LogP contribution in [0.3, 0.4) is 0 Å². The van der Waals surface area contributed by atoms with E-state index in [9.17, 15) is 23.3 Å². The van der Waals surface area contributed by atoms with Crippen molar-refractivity contribution in [3.63, 3.8) is 0 Å². The summed E-state index contributed by atoms with van der Waals surface area (Å²) in [6, 6.07) is 10.5. The predicted molar refractivity (Wildman–Crippen MR) is 128 cm³/mol. The van der Waals surface area contributed by atoms with Gasteiger partial charge in [-0.2, -0.15) is 5.26 Å². The highest BCUT2D eigenvalue weighted by Crippen LogP contribution is 2.50. The molecule has 2 aliphatic carbocycles. The number of nitrogens with zero attached hydrogens (tertiary/aromatic N) is 3. The van der Waals surface area contributed by atoms with E-state index in [1.165, 1.54) is 23.2 Å². The summed E-state index contributed by atoms with van der Waals surface area (Å²) >= 11 is 12.1. The lowest BCUT2D eigenvalue weighted by molar-refractivity contribution is -0.140. The highest BCUT2D eigenvalue weighted by atomic mass is 35.5.